The molecular weight excluding hydrogens is 355 g/mol. The van der Waals surface area contributed by atoms with Crippen LogP contribution >= 0.6 is 0 Å². The second kappa shape index (κ2) is 9.85. The van der Waals surface area contributed by atoms with Crippen molar-refractivity contribution in [1.29, 1.82) is 0 Å². The van der Waals surface area contributed by atoms with Crippen molar-refractivity contribution >= 4 is 5.91 Å². The summed E-state index contributed by atoms with van der Waals surface area (Å²) in [6.45, 7) is 4.44. The summed E-state index contributed by atoms with van der Waals surface area (Å²) in [5.41, 5.74) is 1.84. The number of furan rings is 1. The van der Waals surface area contributed by atoms with Gasteiger partial charge in [-0.15, -0.1) is 0 Å². The summed E-state index contributed by atoms with van der Waals surface area (Å²) >= 11 is 0. The summed E-state index contributed by atoms with van der Waals surface area (Å²) in [5.74, 6) is 0.622. The van der Waals surface area contributed by atoms with Crippen LogP contribution in [0, 0.1) is 5.82 Å². The highest BCUT2D eigenvalue weighted by Crippen LogP contribution is 2.09. The highest BCUT2D eigenvalue weighted by molar-refractivity contribution is 5.91. The molecule has 1 unspecified atom stereocenters. The quantitative estimate of drug-likeness (QED) is 0.597. The summed E-state index contributed by atoms with van der Waals surface area (Å²) < 4.78 is 19.9. The van der Waals surface area contributed by atoms with E-state index in [1.54, 1.807) is 12.1 Å². The number of amides is 1. The van der Waals surface area contributed by atoms with Crippen LogP contribution in [0.2, 0.25) is 0 Å². The predicted molar refractivity (Wildman–Crippen MR) is 106 cm³/mol. The highest BCUT2D eigenvalue weighted by Gasteiger charge is 2.18. The number of quaternary nitrogens is 1. The van der Waals surface area contributed by atoms with Gasteiger partial charge in [0.25, 0.3) is 5.91 Å². The van der Waals surface area contributed by atoms with E-state index in [1.165, 1.54) is 11.6 Å². The number of carbonyl (C=O) groups excluding carboxylic acids is 1. The number of halogens is 1. The number of nitrogens with one attached hydrogen (secondary N) is 2. The van der Waals surface area contributed by atoms with Crippen molar-refractivity contribution in [3.63, 3.8) is 0 Å². The van der Waals surface area contributed by atoms with Crippen LogP contribution in [0.4, 0.5) is 4.39 Å². The Labute approximate surface area is 165 Å². The van der Waals surface area contributed by atoms with Crippen molar-refractivity contribution in [2.75, 3.05) is 6.54 Å². The Hall–Kier alpha value is -2.92. The molecule has 5 heteroatoms. The first-order valence-corrected chi connectivity index (χ1v) is 9.63. The van der Waals surface area contributed by atoms with Crippen molar-refractivity contribution in [1.82, 2.24) is 5.32 Å². The Kier molecular flexibility index (Phi) is 6.98. The first kappa shape index (κ1) is 19.8. The lowest BCUT2D eigenvalue weighted by atomic mass is 10.1. The van der Waals surface area contributed by atoms with E-state index in [-0.39, 0.29) is 11.7 Å². The molecule has 1 amide bonds. The lowest BCUT2D eigenvalue weighted by Gasteiger charge is -2.19. The van der Waals surface area contributed by atoms with Crippen molar-refractivity contribution < 1.29 is 18.5 Å². The smallest absolute Gasteiger partial charge is 0.286 e. The van der Waals surface area contributed by atoms with Gasteiger partial charge in [-0.05, 0) is 24.6 Å². The Morgan fingerprint density at radius 3 is 2.46 bits per heavy atom. The molecule has 0 saturated carbocycles. The normalized spacial score (nSPS) is 11.9. The second-order valence-electron chi connectivity index (χ2n) is 6.88. The van der Waals surface area contributed by atoms with Crippen molar-refractivity contribution in [3.8, 4) is 0 Å². The molecule has 0 aliphatic rings. The summed E-state index contributed by atoms with van der Waals surface area (Å²) in [4.78, 5) is 13.2. The van der Waals surface area contributed by atoms with E-state index in [0.717, 1.165) is 17.9 Å². The molecule has 3 aromatic rings. The zero-order valence-corrected chi connectivity index (χ0v) is 16.1. The fraction of sp³-hybridized carbons (Fsp3) is 0.261. The van der Waals surface area contributed by atoms with Crippen LogP contribution in [0.5, 0.6) is 0 Å². The van der Waals surface area contributed by atoms with Crippen LogP contribution in [-0.4, -0.2) is 12.5 Å². The van der Waals surface area contributed by atoms with E-state index < -0.39 is 0 Å². The van der Waals surface area contributed by atoms with Crippen molar-refractivity contribution in [3.05, 3.63) is 95.2 Å². The molecule has 3 rings (SSSR count). The fourth-order valence-electron chi connectivity index (χ4n) is 3.15. The van der Waals surface area contributed by atoms with E-state index in [4.69, 9.17) is 4.42 Å². The minimum atomic E-state index is -0.202. The molecule has 0 radical (unpaired) electrons. The van der Waals surface area contributed by atoms with E-state index in [2.05, 4.69) is 17.4 Å². The maximum absolute atomic E-state index is 14.2. The molecule has 0 saturated heterocycles. The van der Waals surface area contributed by atoms with Gasteiger partial charge in [0.15, 0.2) is 11.5 Å². The molecule has 2 aromatic carbocycles. The minimum absolute atomic E-state index is 0.202. The fourth-order valence-corrected chi connectivity index (χ4v) is 3.15. The molecule has 0 fully saturated rings. The number of hydrogen-bond donors (Lipinski definition) is 2. The van der Waals surface area contributed by atoms with Crippen LogP contribution < -0.4 is 10.2 Å². The van der Waals surface area contributed by atoms with Gasteiger partial charge in [-0.25, -0.2) is 4.39 Å². The van der Waals surface area contributed by atoms with Gasteiger partial charge in [-0.1, -0.05) is 55.5 Å². The topological polar surface area (TPSA) is 46.7 Å². The van der Waals surface area contributed by atoms with Crippen molar-refractivity contribution in [2.45, 2.75) is 33.0 Å². The van der Waals surface area contributed by atoms with Gasteiger partial charge >= 0.3 is 0 Å². The Bertz CT molecular complexity index is 892. The second-order valence-corrected chi connectivity index (χ2v) is 6.88. The number of rotatable bonds is 9. The summed E-state index contributed by atoms with van der Waals surface area (Å²) in [6, 6.07) is 20.5. The SMILES string of the molecule is CCCNC(=O)c1ccc(C[NH+](Cc2ccccc2)Cc2ccccc2F)o1. The first-order chi connectivity index (χ1) is 13.7. The van der Waals surface area contributed by atoms with E-state index >= 15 is 0 Å². The van der Waals surface area contributed by atoms with Crippen LogP contribution in [0.1, 0.15) is 40.8 Å². The maximum Gasteiger partial charge on any atom is 0.286 e. The van der Waals surface area contributed by atoms with Gasteiger partial charge in [-0.3, -0.25) is 4.79 Å². The van der Waals surface area contributed by atoms with Crippen LogP contribution in [0.15, 0.2) is 71.1 Å². The lowest BCUT2D eigenvalue weighted by Crippen LogP contribution is -3.08. The molecule has 1 aromatic heterocycles. The number of hydrogen-bond acceptors (Lipinski definition) is 2. The molecule has 146 valence electrons. The Morgan fingerprint density at radius 2 is 1.71 bits per heavy atom. The molecule has 1 heterocycles. The molecular formula is C23H26FN2O2+. The van der Waals surface area contributed by atoms with Gasteiger partial charge in [0.1, 0.15) is 25.5 Å². The largest absolute Gasteiger partial charge is 0.450 e. The van der Waals surface area contributed by atoms with Gasteiger partial charge in [-0.2, -0.15) is 0 Å². The Balaban J connectivity index is 1.74. The molecule has 1 atom stereocenters. The molecule has 0 spiro atoms. The minimum Gasteiger partial charge on any atom is -0.450 e. The van der Waals surface area contributed by atoms with Crippen LogP contribution in [0.3, 0.4) is 0 Å². The molecule has 0 aliphatic heterocycles. The molecule has 0 aliphatic carbocycles. The van der Waals surface area contributed by atoms with Crippen LogP contribution in [0.25, 0.3) is 0 Å². The molecule has 28 heavy (non-hydrogen) atoms. The first-order valence-electron chi connectivity index (χ1n) is 9.63. The summed E-state index contributed by atoms with van der Waals surface area (Å²) in [6.07, 6.45) is 0.872. The summed E-state index contributed by atoms with van der Waals surface area (Å²) in [5, 5.41) is 2.81. The Morgan fingerprint density at radius 1 is 0.964 bits per heavy atom. The average Bonchev–Trinajstić information content (AvgIpc) is 3.17. The van der Waals surface area contributed by atoms with Crippen molar-refractivity contribution in [2.24, 2.45) is 0 Å². The monoisotopic (exact) mass is 381 g/mol. The molecule has 2 N–H and O–H groups in total. The van der Waals surface area contributed by atoms with Crippen LogP contribution in [-0.2, 0) is 19.6 Å². The summed E-state index contributed by atoms with van der Waals surface area (Å²) in [7, 11) is 0. The standard InChI is InChI=1S/C23H25FN2O2/c1-2-14-25-23(27)22-13-12-20(28-22)17-26(15-18-8-4-3-5-9-18)16-19-10-6-7-11-21(19)24/h3-13H,2,14-17H2,1H3,(H,25,27)/p+1. The van der Waals surface area contributed by atoms with E-state index in [0.29, 0.717) is 36.7 Å². The third-order valence-corrected chi connectivity index (χ3v) is 4.54. The number of benzene rings is 2. The molecule has 4 nitrogen and oxygen atoms in total. The highest BCUT2D eigenvalue weighted by atomic mass is 19.1. The van der Waals surface area contributed by atoms with Gasteiger partial charge < -0.3 is 14.6 Å². The zero-order valence-electron chi connectivity index (χ0n) is 16.1. The molecule has 0 bridgehead atoms. The van der Waals surface area contributed by atoms with E-state index in [9.17, 15) is 9.18 Å². The maximum atomic E-state index is 14.2. The third kappa shape index (κ3) is 5.54. The predicted octanol–water partition coefficient (Wildman–Crippen LogP) is 3.34. The van der Waals surface area contributed by atoms with E-state index in [1.807, 2.05) is 43.3 Å². The third-order valence-electron chi connectivity index (χ3n) is 4.54. The van der Waals surface area contributed by atoms with Gasteiger partial charge in [0, 0.05) is 17.7 Å². The zero-order chi connectivity index (χ0) is 19.8. The average molecular weight is 381 g/mol. The lowest BCUT2D eigenvalue weighted by molar-refractivity contribution is -0.942. The van der Waals surface area contributed by atoms with Gasteiger partial charge in [0.2, 0.25) is 0 Å². The van der Waals surface area contributed by atoms with Gasteiger partial charge in [0.05, 0.1) is 0 Å². The number of carbonyl (C=O) groups is 1.